The fourth-order valence-corrected chi connectivity index (χ4v) is 1.57. The van der Waals surface area contributed by atoms with Crippen molar-refractivity contribution in [2.45, 2.75) is 6.92 Å². The van der Waals surface area contributed by atoms with Crippen LogP contribution in [-0.2, 0) is 9.59 Å². The van der Waals surface area contributed by atoms with Gasteiger partial charge in [0.2, 0.25) is 5.91 Å². The minimum absolute atomic E-state index is 0.0787. The highest BCUT2D eigenvalue weighted by Crippen LogP contribution is 2.14. The molecule has 0 spiro atoms. The van der Waals surface area contributed by atoms with Gasteiger partial charge in [0.1, 0.15) is 12.2 Å². The number of nitrogens with one attached hydrogen (secondary N) is 2. The average molecular weight is 243 g/mol. The topological polar surface area (TPSA) is 108 Å². The number of carboxylic acids is 1. The van der Waals surface area contributed by atoms with Gasteiger partial charge in [-0.3, -0.25) is 14.4 Å². The zero-order chi connectivity index (χ0) is 12.1. The van der Waals surface area contributed by atoms with Crippen LogP contribution in [0.1, 0.15) is 17.4 Å². The van der Waals surface area contributed by atoms with Crippen molar-refractivity contribution < 1.29 is 19.5 Å². The summed E-state index contributed by atoms with van der Waals surface area (Å²) < 4.78 is 0. The van der Waals surface area contributed by atoms with E-state index in [4.69, 9.17) is 5.11 Å². The van der Waals surface area contributed by atoms with E-state index in [-0.39, 0.29) is 11.6 Å². The second kappa shape index (κ2) is 5.21. The number of carbonyl (C=O) groups is 3. The van der Waals surface area contributed by atoms with Gasteiger partial charge in [-0.15, -0.1) is 11.3 Å². The molecule has 1 aromatic rings. The van der Waals surface area contributed by atoms with Crippen LogP contribution in [0.25, 0.3) is 0 Å². The summed E-state index contributed by atoms with van der Waals surface area (Å²) in [5.74, 6) is -2.01. The molecular formula is C8H9N3O4S. The van der Waals surface area contributed by atoms with Gasteiger partial charge in [0.15, 0.2) is 5.13 Å². The molecule has 7 nitrogen and oxygen atoms in total. The zero-order valence-corrected chi connectivity index (χ0v) is 9.13. The highest BCUT2D eigenvalue weighted by atomic mass is 32.1. The molecule has 0 radical (unpaired) electrons. The molecule has 0 aliphatic rings. The van der Waals surface area contributed by atoms with Crippen LogP contribution in [-0.4, -0.2) is 34.4 Å². The Labute approximate surface area is 94.5 Å². The van der Waals surface area contributed by atoms with Gasteiger partial charge in [-0.05, 0) is 0 Å². The van der Waals surface area contributed by atoms with Gasteiger partial charge in [0.05, 0.1) is 0 Å². The molecule has 0 atom stereocenters. The van der Waals surface area contributed by atoms with E-state index < -0.39 is 18.4 Å². The molecule has 1 heterocycles. The van der Waals surface area contributed by atoms with Crippen LogP contribution in [0.2, 0.25) is 0 Å². The summed E-state index contributed by atoms with van der Waals surface area (Å²) in [7, 11) is 0. The Balaban J connectivity index is 2.59. The minimum Gasteiger partial charge on any atom is -0.480 e. The molecule has 86 valence electrons. The minimum atomic E-state index is -1.13. The number of hydrogen-bond acceptors (Lipinski definition) is 5. The number of nitrogens with zero attached hydrogens (tertiary/aromatic N) is 1. The van der Waals surface area contributed by atoms with Crippen molar-refractivity contribution in [1.29, 1.82) is 0 Å². The number of thiazole rings is 1. The molecule has 3 N–H and O–H groups in total. The maximum atomic E-state index is 11.3. The summed E-state index contributed by atoms with van der Waals surface area (Å²) in [6, 6.07) is 0. The monoisotopic (exact) mass is 243 g/mol. The first-order valence-corrected chi connectivity index (χ1v) is 5.10. The van der Waals surface area contributed by atoms with E-state index >= 15 is 0 Å². The molecule has 0 unspecified atom stereocenters. The number of rotatable bonds is 4. The Kier molecular flexibility index (Phi) is 3.95. The summed E-state index contributed by atoms with van der Waals surface area (Å²) in [5, 5.41) is 14.7. The first kappa shape index (κ1) is 12.1. The molecule has 0 aromatic carbocycles. The molecule has 0 saturated heterocycles. The molecule has 16 heavy (non-hydrogen) atoms. The van der Waals surface area contributed by atoms with Crippen LogP contribution in [0.4, 0.5) is 5.13 Å². The standard InChI is InChI=1S/C8H9N3O4S/c1-4(12)10-8-11-5(3-16-8)7(15)9-2-6(13)14/h3H,2H2,1H3,(H,9,15)(H,13,14)(H,10,11,12). The van der Waals surface area contributed by atoms with Gasteiger partial charge < -0.3 is 15.7 Å². The molecule has 0 aliphatic heterocycles. The van der Waals surface area contributed by atoms with E-state index in [1.165, 1.54) is 12.3 Å². The smallest absolute Gasteiger partial charge is 0.322 e. The van der Waals surface area contributed by atoms with Crippen molar-refractivity contribution in [3.63, 3.8) is 0 Å². The van der Waals surface area contributed by atoms with Gasteiger partial charge in [-0.2, -0.15) is 0 Å². The lowest BCUT2D eigenvalue weighted by Crippen LogP contribution is -2.29. The number of amides is 2. The second-order valence-corrected chi connectivity index (χ2v) is 3.65. The lowest BCUT2D eigenvalue weighted by Gasteiger charge is -1.97. The Hall–Kier alpha value is -1.96. The SMILES string of the molecule is CC(=O)Nc1nc(C(=O)NCC(=O)O)cs1. The van der Waals surface area contributed by atoms with Crippen LogP contribution in [0, 0.1) is 0 Å². The maximum Gasteiger partial charge on any atom is 0.322 e. The quantitative estimate of drug-likeness (QED) is 0.685. The summed E-state index contributed by atoms with van der Waals surface area (Å²) in [5.41, 5.74) is 0.0787. The number of carbonyl (C=O) groups excluding carboxylic acids is 2. The number of aliphatic carboxylic acids is 1. The normalized spacial score (nSPS) is 9.56. The fourth-order valence-electron chi connectivity index (χ4n) is 0.832. The highest BCUT2D eigenvalue weighted by molar-refractivity contribution is 7.14. The molecule has 2 amide bonds. The van der Waals surface area contributed by atoms with Crippen LogP contribution in [0.15, 0.2) is 5.38 Å². The number of hydrogen-bond donors (Lipinski definition) is 3. The molecule has 0 bridgehead atoms. The van der Waals surface area contributed by atoms with E-state index in [1.807, 2.05) is 0 Å². The van der Waals surface area contributed by atoms with E-state index in [0.717, 1.165) is 11.3 Å². The third-order valence-electron chi connectivity index (χ3n) is 1.42. The predicted octanol–water partition coefficient (Wildman–Crippen LogP) is -0.0841. The van der Waals surface area contributed by atoms with Gasteiger partial charge in [-0.25, -0.2) is 4.98 Å². The van der Waals surface area contributed by atoms with Crippen LogP contribution in [0.5, 0.6) is 0 Å². The summed E-state index contributed by atoms with van der Waals surface area (Å²) >= 11 is 1.09. The molecule has 1 aromatic heterocycles. The van der Waals surface area contributed by atoms with E-state index in [0.29, 0.717) is 5.13 Å². The largest absolute Gasteiger partial charge is 0.480 e. The van der Waals surface area contributed by atoms with Crippen LogP contribution >= 0.6 is 11.3 Å². The summed E-state index contributed by atoms with van der Waals surface area (Å²) in [6.45, 7) is 0.859. The first-order chi connectivity index (χ1) is 7.49. The number of aromatic nitrogens is 1. The van der Waals surface area contributed by atoms with Gasteiger partial charge >= 0.3 is 5.97 Å². The van der Waals surface area contributed by atoms with Crippen LogP contribution in [0.3, 0.4) is 0 Å². The zero-order valence-electron chi connectivity index (χ0n) is 8.31. The molecule has 1 rings (SSSR count). The molecular weight excluding hydrogens is 234 g/mol. The molecule has 8 heteroatoms. The van der Waals surface area contributed by atoms with Gasteiger partial charge in [0.25, 0.3) is 5.91 Å². The van der Waals surface area contributed by atoms with E-state index in [9.17, 15) is 14.4 Å². The lowest BCUT2D eigenvalue weighted by molar-refractivity contribution is -0.135. The van der Waals surface area contributed by atoms with Crippen molar-refractivity contribution in [3.05, 3.63) is 11.1 Å². The van der Waals surface area contributed by atoms with Crippen LogP contribution < -0.4 is 10.6 Å². The Morgan fingerprint density at radius 2 is 2.19 bits per heavy atom. The lowest BCUT2D eigenvalue weighted by atomic mass is 10.4. The third-order valence-corrected chi connectivity index (χ3v) is 2.18. The maximum absolute atomic E-state index is 11.3. The predicted molar refractivity (Wildman–Crippen MR) is 56.4 cm³/mol. The van der Waals surface area contributed by atoms with Crippen molar-refractivity contribution in [3.8, 4) is 0 Å². The number of carboxylic acid groups (broad SMARTS) is 1. The third kappa shape index (κ3) is 3.65. The summed E-state index contributed by atoms with van der Waals surface area (Å²) in [6.07, 6.45) is 0. The summed E-state index contributed by atoms with van der Waals surface area (Å²) in [4.78, 5) is 36.0. The number of anilines is 1. The Morgan fingerprint density at radius 1 is 1.50 bits per heavy atom. The Morgan fingerprint density at radius 3 is 2.75 bits per heavy atom. The van der Waals surface area contributed by atoms with Gasteiger partial charge in [-0.1, -0.05) is 0 Å². The van der Waals surface area contributed by atoms with Crippen molar-refractivity contribution in [1.82, 2.24) is 10.3 Å². The van der Waals surface area contributed by atoms with E-state index in [1.54, 1.807) is 0 Å². The van der Waals surface area contributed by atoms with Crippen molar-refractivity contribution in [2.75, 3.05) is 11.9 Å². The highest BCUT2D eigenvalue weighted by Gasteiger charge is 2.11. The first-order valence-electron chi connectivity index (χ1n) is 4.22. The van der Waals surface area contributed by atoms with E-state index in [2.05, 4.69) is 15.6 Å². The molecule has 0 saturated carbocycles. The van der Waals surface area contributed by atoms with Crippen molar-refractivity contribution in [2.24, 2.45) is 0 Å². The molecule has 0 aliphatic carbocycles. The average Bonchev–Trinajstić information content (AvgIpc) is 2.61. The fraction of sp³-hybridized carbons (Fsp3) is 0.250. The van der Waals surface area contributed by atoms with Gasteiger partial charge in [0, 0.05) is 12.3 Å². The molecule has 0 fully saturated rings. The second-order valence-electron chi connectivity index (χ2n) is 2.80. The Bertz CT molecular complexity index is 429. The van der Waals surface area contributed by atoms with Crippen molar-refractivity contribution >= 4 is 34.3 Å².